The summed E-state index contributed by atoms with van der Waals surface area (Å²) >= 11 is 0. The third kappa shape index (κ3) is 3.71. The van der Waals surface area contributed by atoms with Crippen LogP contribution in [0.2, 0.25) is 0 Å². The third-order valence-electron chi connectivity index (χ3n) is 4.70. The van der Waals surface area contributed by atoms with Gasteiger partial charge in [0, 0.05) is 25.6 Å². The second-order valence-electron chi connectivity index (χ2n) is 6.02. The number of nitrogens with zero attached hydrogens (tertiary/aromatic N) is 1. The SMILES string of the molecule is NCC1CCCCN1C(=O)CCCC1CCCC1. The Morgan fingerprint density at radius 2 is 1.83 bits per heavy atom. The zero-order valence-corrected chi connectivity index (χ0v) is 11.6. The summed E-state index contributed by atoms with van der Waals surface area (Å²) in [6, 6.07) is 0.317. The van der Waals surface area contributed by atoms with E-state index < -0.39 is 0 Å². The van der Waals surface area contributed by atoms with Gasteiger partial charge in [0.1, 0.15) is 0 Å². The second kappa shape index (κ2) is 7.13. The van der Waals surface area contributed by atoms with Crippen molar-refractivity contribution in [3.63, 3.8) is 0 Å². The van der Waals surface area contributed by atoms with Crippen LogP contribution in [0.4, 0.5) is 0 Å². The molecule has 0 aromatic heterocycles. The molecule has 1 aliphatic heterocycles. The summed E-state index contributed by atoms with van der Waals surface area (Å²) in [4.78, 5) is 14.3. The number of rotatable bonds is 5. The molecule has 0 bridgehead atoms. The van der Waals surface area contributed by atoms with Gasteiger partial charge in [0.05, 0.1) is 0 Å². The first-order valence-electron chi connectivity index (χ1n) is 7.81. The van der Waals surface area contributed by atoms with Crippen molar-refractivity contribution in [1.82, 2.24) is 4.90 Å². The number of hydrogen-bond donors (Lipinski definition) is 1. The van der Waals surface area contributed by atoms with Crippen LogP contribution in [0, 0.1) is 5.92 Å². The number of carbonyl (C=O) groups is 1. The maximum absolute atomic E-state index is 12.2. The maximum Gasteiger partial charge on any atom is 0.222 e. The Balaban J connectivity index is 1.69. The van der Waals surface area contributed by atoms with Crippen LogP contribution in [0.5, 0.6) is 0 Å². The molecule has 1 saturated heterocycles. The molecule has 2 fully saturated rings. The second-order valence-corrected chi connectivity index (χ2v) is 6.02. The smallest absolute Gasteiger partial charge is 0.222 e. The maximum atomic E-state index is 12.2. The monoisotopic (exact) mass is 252 g/mol. The average molecular weight is 252 g/mol. The summed E-state index contributed by atoms with van der Waals surface area (Å²) in [6.45, 7) is 1.57. The standard InChI is InChI=1S/C15H28N2O/c16-12-14-9-3-4-11-17(14)15(18)10-5-8-13-6-1-2-7-13/h13-14H,1-12,16H2. The lowest BCUT2D eigenvalue weighted by Crippen LogP contribution is -2.47. The molecule has 1 aliphatic carbocycles. The Morgan fingerprint density at radius 1 is 1.11 bits per heavy atom. The van der Waals surface area contributed by atoms with Crippen LogP contribution in [-0.4, -0.2) is 29.9 Å². The van der Waals surface area contributed by atoms with Gasteiger partial charge in [0.15, 0.2) is 0 Å². The molecule has 1 heterocycles. The Kier molecular flexibility index (Phi) is 5.48. The number of likely N-dealkylation sites (tertiary alicyclic amines) is 1. The van der Waals surface area contributed by atoms with Gasteiger partial charge in [-0.1, -0.05) is 25.7 Å². The molecule has 18 heavy (non-hydrogen) atoms. The zero-order chi connectivity index (χ0) is 12.8. The normalized spacial score (nSPS) is 25.6. The van der Waals surface area contributed by atoms with Crippen LogP contribution in [-0.2, 0) is 4.79 Å². The molecule has 3 heteroatoms. The van der Waals surface area contributed by atoms with Gasteiger partial charge in [-0.25, -0.2) is 0 Å². The molecule has 0 spiro atoms. The van der Waals surface area contributed by atoms with Crippen molar-refractivity contribution >= 4 is 5.91 Å². The van der Waals surface area contributed by atoms with Crippen LogP contribution >= 0.6 is 0 Å². The highest BCUT2D eigenvalue weighted by molar-refractivity contribution is 5.76. The molecule has 2 aliphatic rings. The fraction of sp³-hybridized carbons (Fsp3) is 0.933. The first kappa shape index (κ1) is 13.9. The van der Waals surface area contributed by atoms with Gasteiger partial charge in [0.25, 0.3) is 0 Å². The molecule has 0 radical (unpaired) electrons. The van der Waals surface area contributed by atoms with E-state index in [1.165, 1.54) is 38.5 Å². The van der Waals surface area contributed by atoms with Crippen LogP contribution in [0.3, 0.4) is 0 Å². The predicted molar refractivity (Wildman–Crippen MR) is 74.2 cm³/mol. The van der Waals surface area contributed by atoms with E-state index in [1.54, 1.807) is 0 Å². The van der Waals surface area contributed by atoms with Crippen molar-refractivity contribution < 1.29 is 4.79 Å². The highest BCUT2D eigenvalue weighted by Crippen LogP contribution is 2.29. The summed E-state index contributed by atoms with van der Waals surface area (Å²) in [6.07, 6.45) is 12.2. The highest BCUT2D eigenvalue weighted by atomic mass is 16.2. The van der Waals surface area contributed by atoms with Gasteiger partial charge >= 0.3 is 0 Å². The molecular weight excluding hydrogens is 224 g/mol. The van der Waals surface area contributed by atoms with Crippen molar-refractivity contribution in [2.24, 2.45) is 11.7 Å². The van der Waals surface area contributed by atoms with Crippen LogP contribution < -0.4 is 5.73 Å². The van der Waals surface area contributed by atoms with Crippen LogP contribution in [0.1, 0.15) is 64.2 Å². The summed E-state index contributed by atoms with van der Waals surface area (Å²) in [5.41, 5.74) is 5.77. The molecular formula is C15H28N2O. The summed E-state index contributed by atoms with van der Waals surface area (Å²) in [7, 11) is 0. The molecule has 2 rings (SSSR count). The van der Waals surface area contributed by atoms with Crippen molar-refractivity contribution in [3.8, 4) is 0 Å². The molecule has 1 amide bonds. The molecule has 3 nitrogen and oxygen atoms in total. The van der Waals surface area contributed by atoms with Gasteiger partial charge in [-0.05, 0) is 38.0 Å². The quantitative estimate of drug-likeness (QED) is 0.817. The Hall–Kier alpha value is -0.570. The van der Waals surface area contributed by atoms with E-state index in [0.29, 0.717) is 18.5 Å². The van der Waals surface area contributed by atoms with E-state index in [2.05, 4.69) is 4.90 Å². The lowest BCUT2D eigenvalue weighted by molar-refractivity contribution is -0.134. The zero-order valence-electron chi connectivity index (χ0n) is 11.6. The topological polar surface area (TPSA) is 46.3 Å². The van der Waals surface area contributed by atoms with E-state index in [-0.39, 0.29) is 0 Å². The minimum atomic E-state index is 0.317. The van der Waals surface area contributed by atoms with Crippen molar-refractivity contribution in [2.45, 2.75) is 70.3 Å². The molecule has 1 atom stereocenters. The van der Waals surface area contributed by atoms with E-state index in [4.69, 9.17) is 5.73 Å². The number of piperidine rings is 1. The largest absolute Gasteiger partial charge is 0.338 e. The highest BCUT2D eigenvalue weighted by Gasteiger charge is 2.25. The van der Waals surface area contributed by atoms with Gasteiger partial charge in [-0.2, -0.15) is 0 Å². The fourth-order valence-corrected chi connectivity index (χ4v) is 3.56. The minimum absolute atomic E-state index is 0.317. The summed E-state index contributed by atoms with van der Waals surface area (Å²) in [5.74, 6) is 1.26. The van der Waals surface area contributed by atoms with Gasteiger partial charge in [-0.3, -0.25) is 4.79 Å². The Bertz CT molecular complexity index is 261. The van der Waals surface area contributed by atoms with Crippen molar-refractivity contribution in [1.29, 1.82) is 0 Å². The number of amides is 1. The minimum Gasteiger partial charge on any atom is -0.338 e. The molecule has 1 saturated carbocycles. The lowest BCUT2D eigenvalue weighted by atomic mass is 9.98. The fourth-order valence-electron chi connectivity index (χ4n) is 3.56. The first-order chi connectivity index (χ1) is 8.81. The van der Waals surface area contributed by atoms with Crippen LogP contribution in [0.25, 0.3) is 0 Å². The predicted octanol–water partition coefficient (Wildman–Crippen LogP) is 2.69. The van der Waals surface area contributed by atoms with Crippen molar-refractivity contribution in [2.75, 3.05) is 13.1 Å². The van der Waals surface area contributed by atoms with E-state index in [0.717, 1.165) is 38.1 Å². The summed E-state index contributed by atoms with van der Waals surface area (Å²) < 4.78 is 0. The summed E-state index contributed by atoms with van der Waals surface area (Å²) in [5, 5.41) is 0. The molecule has 104 valence electrons. The Morgan fingerprint density at radius 3 is 2.56 bits per heavy atom. The molecule has 0 aromatic rings. The number of hydrogen-bond acceptors (Lipinski definition) is 2. The molecule has 1 unspecified atom stereocenters. The molecule has 2 N–H and O–H groups in total. The third-order valence-corrected chi connectivity index (χ3v) is 4.70. The van der Waals surface area contributed by atoms with Crippen molar-refractivity contribution in [3.05, 3.63) is 0 Å². The number of carbonyl (C=O) groups excluding carboxylic acids is 1. The lowest BCUT2D eigenvalue weighted by Gasteiger charge is -2.35. The van der Waals surface area contributed by atoms with Gasteiger partial charge < -0.3 is 10.6 Å². The number of nitrogens with two attached hydrogens (primary N) is 1. The van der Waals surface area contributed by atoms with E-state index in [1.807, 2.05) is 0 Å². The first-order valence-corrected chi connectivity index (χ1v) is 7.81. The van der Waals surface area contributed by atoms with Gasteiger partial charge in [-0.15, -0.1) is 0 Å². The van der Waals surface area contributed by atoms with E-state index >= 15 is 0 Å². The van der Waals surface area contributed by atoms with E-state index in [9.17, 15) is 4.79 Å². The molecule has 0 aromatic carbocycles. The van der Waals surface area contributed by atoms with Crippen LogP contribution in [0.15, 0.2) is 0 Å². The Labute approximate surface area is 111 Å². The average Bonchev–Trinajstić information content (AvgIpc) is 2.91. The van der Waals surface area contributed by atoms with Gasteiger partial charge in [0.2, 0.25) is 5.91 Å².